The molecule has 4 rings (SSSR count). The standard InChI is InChI=1S/C23H31N5O2/c29-23(28-12-14-30-15-13-28)20-16-24-18-22(26-20)25-17-21(19-8-4-3-5-9-19)27-10-6-1-2-7-11-27/h3-5,8-9,16,18,21H,1-2,6-7,10-15,17H2,(H,25,26). The summed E-state index contributed by atoms with van der Waals surface area (Å²) in [4.78, 5) is 25.9. The van der Waals surface area contributed by atoms with Crippen molar-refractivity contribution in [3.05, 3.63) is 54.0 Å². The van der Waals surface area contributed by atoms with Gasteiger partial charge >= 0.3 is 0 Å². The minimum Gasteiger partial charge on any atom is -0.378 e. The van der Waals surface area contributed by atoms with Crippen molar-refractivity contribution >= 4 is 11.7 Å². The van der Waals surface area contributed by atoms with Gasteiger partial charge in [-0.15, -0.1) is 0 Å². The lowest BCUT2D eigenvalue weighted by molar-refractivity contribution is 0.0299. The van der Waals surface area contributed by atoms with Crippen LogP contribution in [0.5, 0.6) is 0 Å². The van der Waals surface area contributed by atoms with Crippen molar-refractivity contribution < 1.29 is 9.53 Å². The number of nitrogens with one attached hydrogen (secondary N) is 1. The van der Waals surface area contributed by atoms with E-state index >= 15 is 0 Å². The summed E-state index contributed by atoms with van der Waals surface area (Å²) in [6.45, 7) is 5.31. The van der Waals surface area contributed by atoms with E-state index in [1.807, 2.05) is 0 Å². The molecule has 2 fully saturated rings. The van der Waals surface area contributed by atoms with Crippen LogP contribution in [0, 0.1) is 0 Å². The van der Waals surface area contributed by atoms with Crippen LogP contribution in [0.25, 0.3) is 0 Å². The quantitative estimate of drug-likeness (QED) is 0.791. The van der Waals surface area contributed by atoms with Crippen molar-refractivity contribution in [2.24, 2.45) is 0 Å². The number of morpholine rings is 1. The molecule has 2 aliphatic heterocycles. The van der Waals surface area contributed by atoms with Gasteiger partial charge in [-0.2, -0.15) is 0 Å². The third kappa shape index (κ3) is 5.34. The van der Waals surface area contributed by atoms with Gasteiger partial charge in [-0.3, -0.25) is 14.7 Å². The van der Waals surface area contributed by atoms with Crippen molar-refractivity contribution in [3.8, 4) is 0 Å². The normalized spacial score (nSPS) is 19.1. The molecular weight excluding hydrogens is 378 g/mol. The third-order valence-corrected chi connectivity index (χ3v) is 5.89. The number of likely N-dealkylation sites (tertiary alicyclic amines) is 1. The van der Waals surface area contributed by atoms with Crippen molar-refractivity contribution in [2.75, 3.05) is 51.3 Å². The van der Waals surface area contributed by atoms with E-state index in [0.29, 0.717) is 37.8 Å². The Morgan fingerprint density at radius 1 is 1.00 bits per heavy atom. The summed E-state index contributed by atoms with van der Waals surface area (Å²) >= 11 is 0. The fraction of sp³-hybridized carbons (Fsp3) is 0.522. The average Bonchev–Trinajstić information content (AvgIpc) is 3.10. The van der Waals surface area contributed by atoms with Gasteiger partial charge in [0.15, 0.2) is 0 Å². The van der Waals surface area contributed by atoms with E-state index in [2.05, 4.69) is 50.5 Å². The van der Waals surface area contributed by atoms with Crippen molar-refractivity contribution in [2.45, 2.75) is 31.7 Å². The first-order valence-corrected chi connectivity index (χ1v) is 11.0. The second-order valence-electron chi connectivity index (χ2n) is 7.95. The van der Waals surface area contributed by atoms with Crippen LogP contribution in [0.3, 0.4) is 0 Å². The first-order chi connectivity index (χ1) is 14.8. The molecule has 1 N–H and O–H groups in total. The lowest BCUT2D eigenvalue weighted by atomic mass is 10.0. The maximum atomic E-state index is 12.7. The number of nitrogens with zero attached hydrogens (tertiary/aromatic N) is 4. The van der Waals surface area contributed by atoms with Crippen molar-refractivity contribution in [1.29, 1.82) is 0 Å². The molecule has 0 aliphatic carbocycles. The minimum absolute atomic E-state index is 0.0819. The predicted octanol–water partition coefficient (Wildman–Crippen LogP) is 2.98. The van der Waals surface area contributed by atoms with Crippen LogP contribution in [-0.4, -0.2) is 71.6 Å². The minimum atomic E-state index is -0.0819. The van der Waals surface area contributed by atoms with Gasteiger partial charge in [0.05, 0.1) is 31.6 Å². The lowest BCUT2D eigenvalue weighted by Gasteiger charge is -2.31. The Kier molecular flexibility index (Phi) is 7.26. The monoisotopic (exact) mass is 409 g/mol. The Labute approximate surface area is 178 Å². The highest BCUT2D eigenvalue weighted by atomic mass is 16.5. The zero-order valence-corrected chi connectivity index (χ0v) is 17.5. The van der Waals surface area contributed by atoms with Crippen LogP contribution in [0.15, 0.2) is 42.7 Å². The summed E-state index contributed by atoms with van der Waals surface area (Å²) in [6.07, 6.45) is 8.34. The topological polar surface area (TPSA) is 70.6 Å². The first-order valence-electron chi connectivity index (χ1n) is 11.0. The fourth-order valence-corrected chi connectivity index (χ4v) is 4.22. The summed E-state index contributed by atoms with van der Waals surface area (Å²) in [7, 11) is 0. The van der Waals surface area contributed by atoms with Gasteiger partial charge in [0.1, 0.15) is 11.5 Å². The molecule has 2 aliphatic rings. The van der Waals surface area contributed by atoms with Crippen LogP contribution < -0.4 is 5.32 Å². The summed E-state index contributed by atoms with van der Waals surface area (Å²) in [6, 6.07) is 10.9. The molecule has 2 saturated heterocycles. The molecule has 1 unspecified atom stereocenters. The summed E-state index contributed by atoms with van der Waals surface area (Å²) in [5, 5.41) is 3.45. The van der Waals surface area contributed by atoms with E-state index in [1.165, 1.54) is 31.2 Å². The smallest absolute Gasteiger partial charge is 0.274 e. The molecule has 1 amide bonds. The maximum absolute atomic E-state index is 12.7. The number of anilines is 1. The molecule has 30 heavy (non-hydrogen) atoms. The highest BCUT2D eigenvalue weighted by Crippen LogP contribution is 2.24. The Morgan fingerprint density at radius 2 is 1.73 bits per heavy atom. The number of benzene rings is 1. The molecule has 0 saturated carbocycles. The highest BCUT2D eigenvalue weighted by Gasteiger charge is 2.23. The molecule has 7 nitrogen and oxygen atoms in total. The number of carbonyl (C=O) groups is 1. The molecule has 160 valence electrons. The van der Waals surface area contributed by atoms with E-state index in [1.54, 1.807) is 17.3 Å². The lowest BCUT2D eigenvalue weighted by Crippen LogP contribution is -2.41. The second kappa shape index (κ2) is 10.5. The number of amides is 1. The molecular formula is C23H31N5O2. The maximum Gasteiger partial charge on any atom is 0.274 e. The predicted molar refractivity (Wildman–Crippen MR) is 116 cm³/mol. The largest absolute Gasteiger partial charge is 0.378 e. The van der Waals surface area contributed by atoms with Gasteiger partial charge in [-0.25, -0.2) is 4.98 Å². The van der Waals surface area contributed by atoms with Gasteiger partial charge in [-0.1, -0.05) is 43.2 Å². The first kappa shape index (κ1) is 20.8. The fourth-order valence-electron chi connectivity index (χ4n) is 4.22. The third-order valence-electron chi connectivity index (χ3n) is 5.89. The van der Waals surface area contributed by atoms with Crippen LogP contribution in [0.1, 0.15) is 47.8 Å². The van der Waals surface area contributed by atoms with Gasteiger partial charge in [0.25, 0.3) is 5.91 Å². The van der Waals surface area contributed by atoms with E-state index < -0.39 is 0 Å². The number of carbonyl (C=O) groups excluding carboxylic acids is 1. The number of ether oxygens (including phenoxy) is 1. The molecule has 3 heterocycles. The van der Waals surface area contributed by atoms with Crippen molar-refractivity contribution in [1.82, 2.24) is 19.8 Å². The average molecular weight is 410 g/mol. The van der Waals surface area contributed by atoms with Crippen LogP contribution in [0.2, 0.25) is 0 Å². The Morgan fingerprint density at radius 3 is 2.47 bits per heavy atom. The highest BCUT2D eigenvalue weighted by molar-refractivity contribution is 5.92. The molecule has 0 spiro atoms. The van der Waals surface area contributed by atoms with Crippen LogP contribution in [0.4, 0.5) is 5.82 Å². The Hall–Kier alpha value is -2.51. The van der Waals surface area contributed by atoms with Crippen LogP contribution in [-0.2, 0) is 4.74 Å². The van der Waals surface area contributed by atoms with E-state index in [-0.39, 0.29) is 11.9 Å². The van der Waals surface area contributed by atoms with E-state index in [9.17, 15) is 4.79 Å². The number of hydrogen-bond donors (Lipinski definition) is 1. The summed E-state index contributed by atoms with van der Waals surface area (Å²) < 4.78 is 5.34. The molecule has 2 aromatic rings. The zero-order valence-electron chi connectivity index (χ0n) is 17.5. The second-order valence-corrected chi connectivity index (χ2v) is 7.95. The molecule has 7 heteroatoms. The Balaban J connectivity index is 1.46. The molecule has 0 radical (unpaired) electrons. The van der Waals surface area contributed by atoms with Crippen molar-refractivity contribution in [3.63, 3.8) is 0 Å². The molecule has 1 aromatic carbocycles. The summed E-state index contributed by atoms with van der Waals surface area (Å²) in [5.41, 5.74) is 1.69. The van der Waals surface area contributed by atoms with Gasteiger partial charge < -0.3 is 15.0 Å². The Bertz CT molecular complexity index is 802. The number of hydrogen-bond acceptors (Lipinski definition) is 6. The number of rotatable bonds is 6. The summed E-state index contributed by atoms with van der Waals surface area (Å²) in [5.74, 6) is 0.562. The van der Waals surface area contributed by atoms with E-state index in [4.69, 9.17) is 4.74 Å². The van der Waals surface area contributed by atoms with Gasteiger partial charge in [0.2, 0.25) is 0 Å². The van der Waals surface area contributed by atoms with Gasteiger partial charge in [-0.05, 0) is 31.5 Å². The van der Waals surface area contributed by atoms with Gasteiger partial charge in [0, 0.05) is 19.6 Å². The SMILES string of the molecule is O=C(c1cncc(NCC(c2ccccc2)N2CCCCCC2)n1)N1CCOCC1. The van der Waals surface area contributed by atoms with Crippen LogP contribution >= 0.6 is 0 Å². The molecule has 1 aromatic heterocycles. The molecule has 1 atom stereocenters. The zero-order chi connectivity index (χ0) is 20.6. The van der Waals surface area contributed by atoms with E-state index in [0.717, 1.165) is 19.6 Å². The number of aromatic nitrogens is 2. The molecule has 0 bridgehead atoms.